The smallest absolute Gasteiger partial charge is 0.152 e. The van der Waals surface area contributed by atoms with Crippen LogP contribution in [0.5, 0.6) is 0 Å². The first kappa shape index (κ1) is 11.2. The standard InChI is InChI=1S/C12H13ClN2O/c1-2-4-10(15-14)11-7-8-5-3-6-9(13)12(8)16-11/h2-3,5-7,10,15H,1,4,14H2. The lowest BCUT2D eigenvalue weighted by molar-refractivity contribution is 0.439. The van der Waals surface area contributed by atoms with Crippen LogP contribution in [-0.2, 0) is 0 Å². The Morgan fingerprint density at radius 2 is 2.38 bits per heavy atom. The van der Waals surface area contributed by atoms with Crippen molar-refractivity contribution < 1.29 is 4.42 Å². The Balaban J connectivity index is 2.45. The number of halogens is 1. The molecule has 2 rings (SSSR count). The lowest BCUT2D eigenvalue weighted by Gasteiger charge is -2.09. The third-order valence-electron chi connectivity index (χ3n) is 2.46. The molecule has 1 unspecified atom stereocenters. The highest BCUT2D eigenvalue weighted by Crippen LogP contribution is 2.30. The minimum atomic E-state index is -0.0685. The van der Waals surface area contributed by atoms with E-state index in [2.05, 4.69) is 12.0 Å². The molecular weight excluding hydrogens is 224 g/mol. The normalized spacial score (nSPS) is 12.9. The van der Waals surface area contributed by atoms with Gasteiger partial charge in [0.15, 0.2) is 5.58 Å². The van der Waals surface area contributed by atoms with Crippen LogP contribution in [0.25, 0.3) is 11.0 Å². The minimum absolute atomic E-state index is 0.0685. The second kappa shape index (κ2) is 4.70. The maximum absolute atomic E-state index is 6.03. The van der Waals surface area contributed by atoms with Crippen molar-refractivity contribution in [1.29, 1.82) is 0 Å². The maximum Gasteiger partial charge on any atom is 0.152 e. The molecule has 3 nitrogen and oxygen atoms in total. The van der Waals surface area contributed by atoms with Crippen LogP contribution in [0.4, 0.5) is 0 Å². The minimum Gasteiger partial charge on any atom is -0.458 e. The monoisotopic (exact) mass is 236 g/mol. The number of nitrogens with one attached hydrogen (secondary N) is 1. The molecule has 0 amide bonds. The van der Waals surface area contributed by atoms with Crippen LogP contribution >= 0.6 is 11.6 Å². The summed E-state index contributed by atoms with van der Waals surface area (Å²) in [5, 5.41) is 1.59. The molecule has 0 spiro atoms. The molecule has 0 aliphatic heterocycles. The zero-order valence-corrected chi connectivity index (χ0v) is 9.50. The summed E-state index contributed by atoms with van der Waals surface area (Å²) in [4.78, 5) is 0. The first-order valence-corrected chi connectivity index (χ1v) is 5.39. The van der Waals surface area contributed by atoms with E-state index in [-0.39, 0.29) is 6.04 Å². The largest absolute Gasteiger partial charge is 0.458 e. The Morgan fingerprint density at radius 1 is 1.56 bits per heavy atom. The summed E-state index contributed by atoms with van der Waals surface area (Å²) < 4.78 is 5.68. The van der Waals surface area contributed by atoms with E-state index < -0.39 is 0 Å². The van der Waals surface area contributed by atoms with Gasteiger partial charge in [0.1, 0.15) is 5.76 Å². The number of hydrogen-bond donors (Lipinski definition) is 2. The summed E-state index contributed by atoms with van der Waals surface area (Å²) >= 11 is 6.03. The van der Waals surface area contributed by atoms with E-state index in [9.17, 15) is 0 Å². The van der Waals surface area contributed by atoms with Gasteiger partial charge in [-0.15, -0.1) is 6.58 Å². The fourth-order valence-electron chi connectivity index (χ4n) is 1.65. The molecule has 0 saturated heterocycles. The molecule has 84 valence electrons. The molecule has 0 saturated carbocycles. The lowest BCUT2D eigenvalue weighted by atomic mass is 10.1. The van der Waals surface area contributed by atoms with Crippen molar-refractivity contribution in [3.8, 4) is 0 Å². The van der Waals surface area contributed by atoms with Crippen LogP contribution in [0.2, 0.25) is 5.02 Å². The summed E-state index contributed by atoms with van der Waals surface area (Å²) in [5.41, 5.74) is 3.39. The third-order valence-corrected chi connectivity index (χ3v) is 2.76. The van der Waals surface area contributed by atoms with Crippen molar-refractivity contribution in [2.24, 2.45) is 5.84 Å². The van der Waals surface area contributed by atoms with Crippen LogP contribution < -0.4 is 11.3 Å². The van der Waals surface area contributed by atoms with Crippen LogP contribution in [0.1, 0.15) is 18.2 Å². The van der Waals surface area contributed by atoms with Gasteiger partial charge in [0, 0.05) is 5.39 Å². The molecule has 0 radical (unpaired) electrons. The molecule has 0 aliphatic rings. The van der Waals surface area contributed by atoms with Crippen molar-refractivity contribution in [2.75, 3.05) is 0 Å². The van der Waals surface area contributed by atoms with Crippen LogP contribution in [0.3, 0.4) is 0 Å². The highest BCUT2D eigenvalue weighted by atomic mass is 35.5. The van der Waals surface area contributed by atoms with Gasteiger partial charge in [0.05, 0.1) is 11.1 Å². The number of fused-ring (bicyclic) bond motifs is 1. The summed E-state index contributed by atoms with van der Waals surface area (Å²) in [6, 6.07) is 7.52. The Kier molecular flexibility index (Phi) is 3.29. The van der Waals surface area contributed by atoms with E-state index >= 15 is 0 Å². The topological polar surface area (TPSA) is 51.2 Å². The van der Waals surface area contributed by atoms with Crippen LogP contribution in [-0.4, -0.2) is 0 Å². The number of rotatable bonds is 4. The highest BCUT2D eigenvalue weighted by Gasteiger charge is 2.14. The van der Waals surface area contributed by atoms with Gasteiger partial charge in [0.25, 0.3) is 0 Å². The number of furan rings is 1. The van der Waals surface area contributed by atoms with E-state index in [0.717, 1.165) is 11.1 Å². The lowest BCUT2D eigenvalue weighted by Crippen LogP contribution is -2.27. The molecule has 4 heteroatoms. The van der Waals surface area contributed by atoms with Crippen molar-refractivity contribution in [3.63, 3.8) is 0 Å². The third kappa shape index (κ3) is 1.97. The molecule has 0 fully saturated rings. The molecule has 0 aliphatic carbocycles. The SMILES string of the molecule is C=CCC(NN)c1cc2cccc(Cl)c2o1. The Morgan fingerprint density at radius 3 is 3.00 bits per heavy atom. The molecule has 1 atom stereocenters. The second-order valence-corrected chi connectivity index (χ2v) is 3.96. The Hall–Kier alpha value is -1.29. The van der Waals surface area contributed by atoms with Gasteiger partial charge in [-0.1, -0.05) is 29.8 Å². The number of para-hydroxylation sites is 1. The van der Waals surface area contributed by atoms with Crippen LogP contribution in [0, 0.1) is 0 Å². The number of nitrogens with two attached hydrogens (primary N) is 1. The zero-order valence-electron chi connectivity index (χ0n) is 8.74. The summed E-state index contributed by atoms with van der Waals surface area (Å²) in [6.07, 6.45) is 2.49. The molecular formula is C12H13ClN2O. The second-order valence-electron chi connectivity index (χ2n) is 3.55. The first-order chi connectivity index (χ1) is 7.76. The zero-order chi connectivity index (χ0) is 11.5. The van der Waals surface area contributed by atoms with Crippen molar-refractivity contribution >= 4 is 22.6 Å². The fourth-order valence-corrected chi connectivity index (χ4v) is 1.87. The highest BCUT2D eigenvalue weighted by molar-refractivity contribution is 6.34. The van der Waals surface area contributed by atoms with Gasteiger partial charge >= 0.3 is 0 Å². The number of benzene rings is 1. The first-order valence-electron chi connectivity index (χ1n) is 5.01. The summed E-state index contributed by atoms with van der Waals surface area (Å²) in [7, 11) is 0. The molecule has 2 aromatic rings. The van der Waals surface area contributed by atoms with E-state index in [1.54, 1.807) is 12.1 Å². The van der Waals surface area contributed by atoms with Gasteiger partial charge in [0.2, 0.25) is 0 Å². The Labute approximate surface area is 98.8 Å². The Bertz CT molecular complexity index is 507. The predicted octanol–water partition coefficient (Wildman–Crippen LogP) is 3.17. The van der Waals surface area contributed by atoms with Crippen molar-refractivity contribution in [2.45, 2.75) is 12.5 Å². The molecule has 1 heterocycles. The van der Waals surface area contributed by atoms with Gasteiger partial charge in [-0.3, -0.25) is 5.84 Å². The van der Waals surface area contributed by atoms with Gasteiger partial charge in [-0.25, -0.2) is 5.43 Å². The molecule has 3 N–H and O–H groups in total. The van der Waals surface area contributed by atoms with E-state index in [1.807, 2.05) is 18.2 Å². The van der Waals surface area contributed by atoms with Crippen LogP contribution in [0.15, 0.2) is 41.3 Å². The summed E-state index contributed by atoms with van der Waals surface area (Å²) in [5.74, 6) is 6.23. The number of hydrogen-bond acceptors (Lipinski definition) is 3. The fraction of sp³-hybridized carbons (Fsp3) is 0.167. The van der Waals surface area contributed by atoms with Crippen molar-refractivity contribution in [3.05, 3.63) is 47.7 Å². The summed E-state index contributed by atoms with van der Waals surface area (Å²) in [6.45, 7) is 3.68. The maximum atomic E-state index is 6.03. The average Bonchev–Trinajstić information content (AvgIpc) is 2.71. The molecule has 1 aromatic carbocycles. The van der Waals surface area contributed by atoms with Gasteiger partial charge in [-0.05, 0) is 18.6 Å². The quantitative estimate of drug-likeness (QED) is 0.487. The van der Waals surface area contributed by atoms with E-state index in [1.165, 1.54) is 0 Å². The van der Waals surface area contributed by atoms with Gasteiger partial charge in [-0.2, -0.15) is 0 Å². The van der Waals surface area contributed by atoms with E-state index in [0.29, 0.717) is 17.0 Å². The van der Waals surface area contributed by atoms with Crippen molar-refractivity contribution in [1.82, 2.24) is 5.43 Å². The van der Waals surface area contributed by atoms with E-state index in [4.69, 9.17) is 21.9 Å². The number of hydrazine groups is 1. The molecule has 0 bridgehead atoms. The predicted molar refractivity (Wildman–Crippen MR) is 66.1 cm³/mol. The molecule has 1 aromatic heterocycles. The van der Waals surface area contributed by atoms with Gasteiger partial charge < -0.3 is 4.42 Å². The molecule has 16 heavy (non-hydrogen) atoms. The average molecular weight is 237 g/mol.